The Labute approximate surface area is 127 Å². The van der Waals surface area contributed by atoms with E-state index in [0.29, 0.717) is 12.5 Å². The van der Waals surface area contributed by atoms with Gasteiger partial charge in [-0.1, -0.05) is 29.8 Å². The van der Waals surface area contributed by atoms with Gasteiger partial charge in [0.15, 0.2) is 4.77 Å². The smallest absolute Gasteiger partial charge is 0.178 e. The van der Waals surface area contributed by atoms with E-state index in [1.54, 1.807) is 0 Å². The van der Waals surface area contributed by atoms with Crippen LogP contribution in [-0.4, -0.2) is 22.8 Å². The first kappa shape index (κ1) is 14.8. The number of aromatic amines is 1. The normalized spacial score (nSPS) is 11.6. The van der Waals surface area contributed by atoms with E-state index in [1.165, 1.54) is 0 Å². The first-order valence-electron chi connectivity index (χ1n) is 6.53. The molecule has 0 unspecified atom stereocenters. The third-order valence-electron chi connectivity index (χ3n) is 3.03. The van der Waals surface area contributed by atoms with Crippen LogP contribution < -0.4 is 0 Å². The summed E-state index contributed by atoms with van der Waals surface area (Å²) in [5.74, 6) is 0.688. The van der Waals surface area contributed by atoms with E-state index in [2.05, 4.69) is 45.4 Å². The van der Waals surface area contributed by atoms with Gasteiger partial charge in [-0.15, -0.1) is 0 Å². The van der Waals surface area contributed by atoms with Crippen LogP contribution in [0.15, 0.2) is 22.7 Å². The average molecular weight is 343 g/mol. The molecule has 5 heteroatoms. The first-order valence-corrected chi connectivity index (χ1v) is 7.74. The molecule has 1 heterocycles. The average Bonchev–Trinajstić information content (AvgIpc) is 2.64. The van der Waals surface area contributed by atoms with E-state index in [0.717, 1.165) is 39.8 Å². The quantitative estimate of drug-likeness (QED) is 0.617. The van der Waals surface area contributed by atoms with Crippen molar-refractivity contribution < 1.29 is 4.74 Å². The van der Waals surface area contributed by atoms with Gasteiger partial charge in [0.25, 0.3) is 0 Å². The Bertz CT molecular complexity index is 603. The molecule has 104 valence electrons. The molecule has 1 aromatic carbocycles. The van der Waals surface area contributed by atoms with Gasteiger partial charge in [0.2, 0.25) is 0 Å². The number of nitrogens with zero attached hydrogens (tertiary/aromatic N) is 1. The maximum Gasteiger partial charge on any atom is 0.178 e. The summed E-state index contributed by atoms with van der Waals surface area (Å²) in [5, 5.41) is 0. The highest BCUT2D eigenvalue weighted by Gasteiger charge is 2.04. The molecule has 0 bridgehead atoms. The highest BCUT2D eigenvalue weighted by atomic mass is 79.9. The summed E-state index contributed by atoms with van der Waals surface area (Å²) < 4.78 is 9.55. The van der Waals surface area contributed by atoms with E-state index in [9.17, 15) is 0 Å². The van der Waals surface area contributed by atoms with E-state index < -0.39 is 0 Å². The number of rotatable bonds is 6. The Hall–Kier alpha value is -0.650. The first-order chi connectivity index (χ1) is 9.08. The molecule has 0 fully saturated rings. The van der Waals surface area contributed by atoms with Crippen molar-refractivity contribution in [3.63, 3.8) is 0 Å². The number of hydrogen-bond acceptors (Lipinski definition) is 2. The molecule has 2 rings (SSSR count). The number of hydrogen-bond donors (Lipinski definition) is 1. The Morgan fingerprint density at radius 2 is 2.16 bits per heavy atom. The number of aromatic nitrogens is 2. The lowest BCUT2D eigenvalue weighted by Gasteiger charge is -2.07. The SMILES string of the molecule is CC(C)CCOCCn1c(=S)[nH]c2cc(Br)ccc21. The monoisotopic (exact) mass is 342 g/mol. The molecular formula is C14H19BrN2OS. The van der Waals surface area contributed by atoms with Crippen molar-refractivity contribution in [3.05, 3.63) is 27.4 Å². The third kappa shape index (κ3) is 3.91. The molecule has 0 spiro atoms. The van der Waals surface area contributed by atoms with Crippen LogP contribution >= 0.6 is 28.1 Å². The van der Waals surface area contributed by atoms with Crippen LogP contribution in [0.1, 0.15) is 20.3 Å². The second-order valence-electron chi connectivity index (χ2n) is 5.04. The number of benzene rings is 1. The summed E-state index contributed by atoms with van der Waals surface area (Å²) >= 11 is 8.82. The number of halogens is 1. The minimum atomic E-state index is 0.688. The number of nitrogens with one attached hydrogen (secondary N) is 1. The standard InChI is InChI=1S/C14H19BrN2OS/c1-10(2)5-7-18-8-6-17-13-4-3-11(15)9-12(13)16-14(17)19/h3-4,9-10H,5-8H2,1-2H3,(H,16,19). The van der Waals surface area contributed by atoms with Crippen molar-refractivity contribution in [2.75, 3.05) is 13.2 Å². The van der Waals surface area contributed by atoms with Gasteiger partial charge >= 0.3 is 0 Å². The zero-order chi connectivity index (χ0) is 13.8. The number of imidazole rings is 1. The minimum absolute atomic E-state index is 0.688. The molecule has 0 aliphatic carbocycles. The molecule has 0 saturated carbocycles. The lowest BCUT2D eigenvalue weighted by Crippen LogP contribution is -2.08. The van der Waals surface area contributed by atoms with Crippen molar-refractivity contribution in [3.8, 4) is 0 Å². The number of H-pyrrole nitrogens is 1. The van der Waals surface area contributed by atoms with Crippen LogP contribution in [-0.2, 0) is 11.3 Å². The van der Waals surface area contributed by atoms with Gasteiger partial charge in [-0.3, -0.25) is 0 Å². The van der Waals surface area contributed by atoms with Crippen LogP contribution in [0.25, 0.3) is 11.0 Å². The number of ether oxygens (including phenoxy) is 1. The van der Waals surface area contributed by atoms with Crippen molar-refractivity contribution in [2.24, 2.45) is 5.92 Å². The minimum Gasteiger partial charge on any atom is -0.380 e. The van der Waals surface area contributed by atoms with Gasteiger partial charge < -0.3 is 14.3 Å². The van der Waals surface area contributed by atoms with E-state index in [1.807, 2.05) is 12.1 Å². The van der Waals surface area contributed by atoms with Gasteiger partial charge in [-0.05, 0) is 42.8 Å². The molecule has 0 amide bonds. The largest absolute Gasteiger partial charge is 0.380 e. The summed E-state index contributed by atoms with van der Waals surface area (Å²) in [4.78, 5) is 3.22. The highest BCUT2D eigenvalue weighted by Crippen LogP contribution is 2.19. The van der Waals surface area contributed by atoms with Gasteiger partial charge in [0.1, 0.15) is 0 Å². The van der Waals surface area contributed by atoms with Crippen molar-refractivity contribution >= 4 is 39.2 Å². The van der Waals surface area contributed by atoms with Crippen molar-refractivity contribution in [1.82, 2.24) is 9.55 Å². The van der Waals surface area contributed by atoms with Crippen LogP contribution in [0, 0.1) is 10.7 Å². The lowest BCUT2D eigenvalue weighted by molar-refractivity contribution is 0.116. The zero-order valence-electron chi connectivity index (χ0n) is 11.3. The maximum atomic E-state index is 5.66. The second-order valence-corrected chi connectivity index (χ2v) is 6.34. The summed E-state index contributed by atoms with van der Waals surface area (Å²) in [7, 11) is 0. The Balaban J connectivity index is 2.00. The summed E-state index contributed by atoms with van der Waals surface area (Å²) in [6, 6.07) is 6.14. The van der Waals surface area contributed by atoms with Gasteiger partial charge in [-0.2, -0.15) is 0 Å². The van der Waals surface area contributed by atoms with Crippen LogP contribution in [0.3, 0.4) is 0 Å². The van der Waals surface area contributed by atoms with Crippen LogP contribution in [0.2, 0.25) is 0 Å². The fraction of sp³-hybridized carbons (Fsp3) is 0.500. The van der Waals surface area contributed by atoms with Crippen LogP contribution in [0.4, 0.5) is 0 Å². The highest BCUT2D eigenvalue weighted by molar-refractivity contribution is 9.10. The molecule has 0 radical (unpaired) electrons. The van der Waals surface area contributed by atoms with E-state index >= 15 is 0 Å². The third-order valence-corrected chi connectivity index (χ3v) is 3.85. The zero-order valence-corrected chi connectivity index (χ0v) is 13.7. The predicted molar refractivity (Wildman–Crippen MR) is 85.1 cm³/mol. The molecular weight excluding hydrogens is 324 g/mol. The van der Waals surface area contributed by atoms with E-state index in [-0.39, 0.29) is 0 Å². The van der Waals surface area contributed by atoms with Gasteiger partial charge in [0, 0.05) is 17.6 Å². The lowest BCUT2D eigenvalue weighted by atomic mass is 10.1. The van der Waals surface area contributed by atoms with Gasteiger partial charge in [0.05, 0.1) is 17.6 Å². The Morgan fingerprint density at radius 1 is 1.37 bits per heavy atom. The predicted octanol–water partition coefficient (Wildman–Crippen LogP) is 4.52. The molecule has 0 atom stereocenters. The molecule has 1 aromatic heterocycles. The molecule has 0 saturated heterocycles. The molecule has 19 heavy (non-hydrogen) atoms. The second kappa shape index (κ2) is 6.68. The summed E-state index contributed by atoms with van der Waals surface area (Å²) in [6.07, 6.45) is 1.10. The topological polar surface area (TPSA) is 29.9 Å². The van der Waals surface area contributed by atoms with E-state index in [4.69, 9.17) is 17.0 Å². The molecule has 1 N–H and O–H groups in total. The Kier molecular flexibility index (Phi) is 5.19. The molecule has 0 aliphatic rings. The van der Waals surface area contributed by atoms with Crippen molar-refractivity contribution in [2.45, 2.75) is 26.8 Å². The summed E-state index contributed by atoms with van der Waals surface area (Å²) in [6.45, 7) is 6.72. The number of fused-ring (bicyclic) bond motifs is 1. The fourth-order valence-corrected chi connectivity index (χ4v) is 2.60. The fourth-order valence-electron chi connectivity index (χ4n) is 1.93. The van der Waals surface area contributed by atoms with Crippen LogP contribution in [0.5, 0.6) is 0 Å². The maximum absolute atomic E-state index is 5.66. The molecule has 0 aliphatic heterocycles. The Morgan fingerprint density at radius 3 is 2.89 bits per heavy atom. The summed E-state index contributed by atoms with van der Waals surface area (Å²) in [5.41, 5.74) is 2.18. The van der Waals surface area contributed by atoms with Gasteiger partial charge in [-0.25, -0.2) is 0 Å². The molecule has 3 nitrogen and oxygen atoms in total. The van der Waals surface area contributed by atoms with Crippen molar-refractivity contribution in [1.29, 1.82) is 0 Å². The molecule has 2 aromatic rings.